The highest BCUT2D eigenvalue weighted by Gasteiger charge is 2.12. The number of aryl methyl sites for hydroxylation is 1. The second kappa shape index (κ2) is 6.91. The SMILES string of the molecule is CCc1ccc(NC(=O)c2cc(-c3ccncc3)c[nH]c2=O)cc1. The van der Waals surface area contributed by atoms with Gasteiger partial charge in [0.2, 0.25) is 0 Å². The molecule has 5 nitrogen and oxygen atoms in total. The number of carbonyl (C=O) groups is 1. The summed E-state index contributed by atoms with van der Waals surface area (Å²) in [5.41, 5.74) is 3.13. The first kappa shape index (κ1) is 15.7. The van der Waals surface area contributed by atoms with Crippen LogP contribution in [0.15, 0.2) is 65.8 Å². The number of aromatic nitrogens is 2. The highest BCUT2D eigenvalue weighted by Crippen LogP contribution is 2.17. The largest absolute Gasteiger partial charge is 0.328 e. The van der Waals surface area contributed by atoms with Crippen LogP contribution >= 0.6 is 0 Å². The Balaban J connectivity index is 1.87. The topological polar surface area (TPSA) is 74.8 Å². The number of nitrogens with one attached hydrogen (secondary N) is 2. The third-order valence-corrected chi connectivity index (χ3v) is 3.78. The van der Waals surface area contributed by atoms with Crippen molar-refractivity contribution in [1.82, 2.24) is 9.97 Å². The van der Waals surface area contributed by atoms with E-state index in [1.807, 2.05) is 36.4 Å². The zero-order chi connectivity index (χ0) is 16.9. The van der Waals surface area contributed by atoms with Crippen molar-refractivity contribution in [2.24, 2.45) is 0 Å². The van der Waals surface area contributed by atoms with E-state index in [0.717, 1.165) is 17.5 Å². The molecular weight excluding hydrogens is 302 g/mol. The van der Waals surface area contributed by atoms with E-state index in [2.05, 4.69) is 22.2 Å². The number of carbonyl (C=O) groups excluding carboxylic acids is 1. The summed E-state index contributed by atoms with van der Waals surface area (Å²) >= 11 is 0. The van der Waals surface area contributed by atoms with E-state index in [0.29, 0.717) is 5.69 Å². The van der Waals surface area contributed by atoms with Gasteiger partial charge in [-0.2, -0.15) is 0 Å². The molecule has 0 aliphatic heterocycles. The molecule has 120 valence electrons. The van der Waals surface area contributed by atoms with Gasteiger partial charge in [-0.05, 0) is 53.4 Å². The number of pyridine rings is 2. The van der Waals surface area contributed by atoms with Gasteiger partial charge in [0.25, 0.3) is 11.5 Å². The van der Waals surface area contributed by atoms with Crippen molar-refractivity contribution in [2.75, 3.05) is 5.32 Å². The van der Waals surface area contributed by atoms with Crippen LogP contribution in [0, 0.1) is 0 Å². The Morgan fingerprint density at radius 1 is 1.08 bits per heavy atom. The number of rotatable bonds is 4. The van der Waals surface area contributed by atoms with Crippen LogP contribution in [0.5, 0.6) is 0 Å². The zero-order valence-electron chi connectivity index (χ0n) is 13.2. The van der Waals surface area contributed by atoms with Crippen LogP contribution < -0.4 is 10.9 Å². The number of nitrogens with zero attached hydrogens (tertiary/aromatic N) is 1. The van der Waals surface area contributed by atoms with E-state index in [4.69, 9.17) is 0 Å². The van der Waals surface area contributed by atoms with Gasteiger partial charge in [-0.15, -0.1) is 0 Å². The third kappa shape index (κ3) is 3.41. The highest BCUT2D eigenvalue weighted by atomic mass is 16.2. The standard InChI is InChI=1S/C19H17N3O2/c1-2-13-3-5-16(6-4-13)22-19(24)17-11-15(12-21-18(17)23)14-7-9-20-10-8-14/h3-12H,2H2,1H3,(H,21,23)(H,22,24). The Hall–Kier alpha value is -3.21. The van der Waals surface area contributed by atoms with Crippen molar-refractivity contribution >= 4 is 11.6 Å². The fourth-order valence-corrected chi connectivity index (χ4v) is 2.39. The molecule has 5 heteroatoms. The number of aromatic amines is 1. The van der Waals surface area contributed by atoms with Gasteiger partial charge in [-0.1, -0.05) is 19.1 Å². The van der Waals surface area contributed by atoms with Crippen LogP contribution in [-0.4, -0.2) is 15.9 Å². The molecule has 2 N–H and O–H groups in total. The molecular formula is C19H17N3O2. The molecule has 1 amide bonds. The van der Waals surface area contributed by atoms with Gasteiger partial charge < -0.3 is 10.3 Å². The van der Waals surface area contributed by atoms with E-state index in [9.17, 15) is 9.59 Å². The third-order valence-electron chi connectivity index (χ3n) is 3.78. The molecule has 24 heavy (non-hydrogen) atoms. The van der Waals surface area contributed by atoms with Gasteiger partial charge in [0.1, 0.15) is 5.56 Å². The van der Waals surface area contributed by atoms with Crippen molar-refractivity contribution in [3.05, 3.63) is 82.5 Å². The van der Waals surface area contributed by atoms with E-state index in [-0.39, 0.29) is 5.56 Å². The molecule has 2 aromatic heterocycles. The van der Waals surface area contributed by atoms with Crippen molar-refractivity contribution in [3.63, 3.8) is 0 Å². The Labute approximate surface area is 139 Å². The molecule has 3 aromatic rings. The van der Waals surface area contributed by atoms with Crippen LogP contribution in [0.2, 0.25) is 0 Å². The first-order chi connectivity index (χ1) is 11.7. The molecule has 0 fully saturated rings. The molecule has 0 unspecified atom stereocenters. The van der Waals surface area contributed by atoms with Crippen molar-refractivity contribution < 1.29 is 4.79 Å². The van der Waals surface area contributed by atoms with E-state index < -0.39 is 11.5 Å². The number of benzene rings is 1. The Bertz CT molecular complexity index is 900. The maximum absolute atomic E-state index is 12.4. The van der Waals surface area contributed by atoms with Crippen molar-refractivity contribution in [3.8, 4) is 11.1 Å². The van der Waals surface area contributed by atoms with Gasteiger partial charge in [0.05, 0.1) is 0 Å². The normalized spacial score (nSPS) is 10.4. The number of hydrogen-bond acceptors (Lipinski definition) is 3. The summed E-state index contributed by atoms with van der Waals surface area (Å²) in [5.74, 6) is -0.434. The van der Waals surface area contributed by atoms with E-state index in [1.54, 1.807) is 24.7 Å². The molecule has 0 saturated heterocycles. The monoisotopic (exact) mass is 319 g/mol. The Morgan fingerprint density at radius 3 is 2.46 bits per heavy atom. The van der Waals surface area contributed by atoms with E-state index in [1.165, 1.54) is 5.56 Å². The Morgan fingerprint density at radius 2 is 1.79 bits per heavy atom. The summed E-state index contributed by atoms with van der Waals surface area (Å²) in [5, 5.41) is 2.76. The fraction of sp³-hybridized carbons (Fsp3) is 0.105. The highest BCUT2D eigenvalue weighted by molar-refractivity contribution is 6.04. The second-order valence-electron chi connectivity index (χ2n) is 5.37. The van der Waals surface area contributed by atoms with Crippen molar-refractivity contribution in [1.29, 1.82) is 0 Å². The molecule has 3 rings (SSSR count). The second-order valence-corrected chi connectivity index (χ2v) is 5.37. The summed E-state index contributed by atoms with van der Waals surface area (Å²) in [6.07, 6.45) is 5.84. The van der Waals surface area contributed by atoms with Crippen LogP contribution in [0.3, 0.4) is 0 Å². The van der Waals surface area contributed by atoms with Crippen molar-refractivity contribution in [2.45, 2.75) is 13.3 Å². The zero-order valence-corrected chi connectivity index (χ0v) is 13.2. The number of anilines is 1. The lowest BCUT2D eigenvalue weighted by molar-refractivity contribution is 0.102. The Kier molecular flexibility index (Phi) is 4.52. The predicted molar refractivity (Wildman–Crippen MR) is 94.1 cm³/mol. The summed E-state index contributed by atoms with van der Waals surface area (Å²) in [6.45, 7) is 2.07. The lowest BCUT2D eigenvalue weighted by Gasteiger charge is -2.07. The molecule has 0 bridgehead atoms. The van der Waals surface area contributed by atoms with Gasteiger partial charge >= 0.3 is 0 Å². The van der Waals surface area contributed by atoms with Crippen LogP contribution in [0.1, 0.15) is 22.8 Å². The van der Waals surface area contributed by atoms with Gasteiger partial charge in [-0.25, -0.2) is 0 Å². The number of hydrogen-bond donors (Lipinski definition) is 2. The minimum Gasteiger partial charge on any atom is -0.328 e. The summed E-state index contributed by atoms with van der Waals surface area (Å²) in [6, 6.07) is 12.8. The lowest BCUT2D eigenvalue weighted by atomic mass is 10.1. The predicted octanol–water partition coefficient (Wildman–Crippen LogP) is 3.25. The summed E-state index contributed by atoms with van der Waals surface area (Å²) < 4.78 is 0. The molecule has 0 aliphatic carbocycles. The average Bonchev–Trinajstić information content (AvgIpc) is 2.63. The molecule has 0 aliphatic rings. The molecule has 0 radical (unpaired) electrons. The smallest absolute Gasteiger partial charge is 0.261 e. The molecule has 0 atom stereocenters. The molecule has 1 aromatic carbocycles. The minimum atomic E-state index is -0.434. The maximum Gasteiger partial charge on any atom is 0.261 e. The molecule has 2 heterocycles. The molecule has 0 saturated carbocycles. The fourth-order valence-electron chi connectivity index (χ4n) is 2.39. The van der Waals surface area contributed by atoms with Gasteiger partial charge in [0, 0.05) is 24.3 Å². The van der Waals surface area contributed by atoms with Gasteiger partial charge in [-0.3, -0.25) is 14.6 Å². The minimum absolute atomic E-state index is 0.0730. The summed E-state index contributed by atoms with van der Waals surface area (Å²) in [4.78, 5) is 31.0. The first-order valence-electron chi connectivity index (χ1n) is 7.71. The maximum atomic E-state index is 12.4. The lowest BCUT2D eigenvalue weighted by Crippen LogP contribution is -2.23. The van der Waals surface area contributed by atoms with Crippen LogP contribution in [-0.2, 0) is 6.42 Å². The van der Waals surface area contributed by atoms with Gasteiger partial charge in [0.15, 0.2) is 0 Å². The average molecular weight is 319 g/mol. The first-order valence-corrected chi connectivity index (χ1v) is 7.71. The summed E-state index contributed by atoms with van der Waals surface area (Å²) in [7, 11) is 0. The molecule has 0 spiro atoms. The van der Waals surface area contributed by atoms with E-state index >= 15 is 0 Å². The van der Waals surface area contributed by atoms with Crippen LogP contribution in [0.4, 0.5) is 5.69 Å². The number of amides is 1. The van der Waals surface area contributed by atoms with Crippen LogP contribution in [0.25, 0.3) is 11.1 Å². The number of H-pyrrole nitrogens is 1. The quantitative estimate of drug-likeness (QED) is 0.775.